The highest BCUT2D eigenvalue weighted by Crippen LogP contribution is 2.26. The van der Waals surface area contributed by atoms with Gasteiger partial charge < -0.3 is 10.1 Å². The topological polar surface area (TPSA) is 79.0 Å². The molecule has 1 fully saturated rings. The van der Waals surface area contributed by atoms with E-state index in [1.807, 2.05) is 32.0 Å². The molecule has 0 atom stereocenters. The normalized spacial score (nSPS) is 15.8. The van der Waals surface area contributed by atoms with Crippen LogP contribution in [0.2, 0.25) is 0 Å². The van der Waals surface area contributed by atoms with Crippen LogP contribution in [0.4, 0.5) is 5.69 Å². The Bertz CT molecular complexity index is 680. The minimum atomic E-state index is -3.56. The number of amides is 1. The van der Waals surface area contributed by atoms with E-state index in [4.69, 9.17) is 4.74 Å². The Morgan fingerprint density at radius 3 is 2.40 bits per heavy atom. The SMILES string of the molecule is Cc1cccc(C)c1N(CC(=O)NCCN1CCOCC1)S(C)(=O)=O. The molecule has 1 saturated heterocycles. The van der Waals surface area contributed by atoms with Crippen molar-refractivity contribution in [2.24, 2.45) is 0 Å². The van der Waals surface area contributed by atoms with Crippen molar-refractivity contribution in [3.63, 3.8) is 0 Å². The number of para-hydroxylation sites is 1. The zero-order valence-electron chi connectivity index (χ0n) is 15.1. The smallest absolute Gasteiger partial charge is 0.240 e. The summed E-state index contributed by atoms with van der Waals surface area (Å²) in [6.07, 6.45) is 1.12. The van der Waals surface area contributed by atoms with Gasteiger partial charge >= 0.3 is 0 Å². The summed E-state index contributed by atoms with van der Waals surface area (Å²) in [6.45, 7) is 7.83. The van der Waals surface area contributed by atoms with E-state index in [-0.39, 0.29) is 12.5 Å². The highest BCUT2D eigenvalue weighted by Gasteiger charge is 2.23. The van der Waals surface area contributed by atoms with Crippen LogP contribution < -0.4 is 9.62 Å². The average molecular weight is 369 g/mol. The minimum Gasteiger partial charge on any atom is -0.379 e. The van der Waals surface area contributed by atoms with Crippen LogP contribution in [-0.4, -0.2) is 71.4 Å². The number of anilines is 1. The van der Waals surface area contributed by atoms with Gasteiger partial charge in [-0.15, -0.1) is 0 Å². The molecule has 2 rings (SSSR count). The van der Waals surface area contributed by atoms with Gasteiger partial charge in [0.2, 0.25) is 15.9 Å². The molecule has 1 aromatic carbocycles. The molecular formula is C17H27N3O4S. The fourth-order valence-corrected chi connectivity index (χ4v) is 3.90. The van der Waals surface area contributed by atoms with Gasteiger partial charge in [0, 0.05) is 26.2 Å². The molecule has 0 radical (unpaired) electrons. The second-order valence-electron chi connectivity index (χ2n) is 6.31. The zero-order chi connectivity index (χ0) is 18.4. The summed E-state index contributed by atoms with van der Waals surface area (Å²) in [5, 5.41) is 2.81. The Morgan fingerprint density at radius 2 is 1.84 bits per heavy atom. The maximum Gasteiger partial charge on any atom is 0.240 e. The van der Waals surface area contributed by atoms with Gasteiger partial charge in [-0.3, -0.25) is 14.0 Å². The number of aryl methyl sites for hydroxylation is 2. The first-order chi connectivity index (χ1) is 11.8. The Balaban J connectivity index is 1.99. The third-order valence-corrected chi connectivity index (χ3v) is 5.34. The second kappa shape index (κ2) is 8.64. The lowest BCUT2D eigenvalue weighted by atomic mass is 10.1. The van der Waals surface area contributed by atoms with E-state index in [0.717, 1.165) is 37.0 Å². The molecule has 1 heterocycles. The summed E-state index contributed by atoms with van der Waals surface area (Å²) in [6, 6.07) is 5.56. The monoisotopic (exact) mass is 369 g/mol. The van der Waals surface area contributed by atoms with Crippen LogP contribution in [0.15, 0.2) is 18.2 Å². The first-order valence-electron chi connectivity index (χ1n) is 8.40. The van der Waals surface area contributed by atoms with Crippen LogP contribution in [0, 0.1) is 13.8 Å². The van der Waals surface area contributed by atoms with Crippen molar-refractivity contribution >= 4 is 21.6 Å². The largest absolute Gasteiger partial charge is 0.379 e. The van der Waals surface area contributed by atoms with Crippen molar-refractivity contribution < 1.29 is 17.9 Å². The zero-order valence-corrected chi connectivity index (χ0v) is 15.9. The molecule has 1 aliphatic rings. The van der Waals surface area contributed by atoms with Gasteiger partial charge in [0.25, 0.3) is 0 Å². The van der Waals surface area contributed by atoms with Crippen molar-refractivity contribution in [2.75, 3.05) is 56.5 Å². The molecule has 0 unspecified atom stereocenters. The number of hydrogen-bond acceptors (Lipinski definition) is 5. The molecule has 1 N–H and O–H groups in total. The van der Waals surface area contributed by atoms with Gasteiger partial charge in [0.1, 0.15) is 6.54 Å². The number of sulfonamides is 1. The average Bonchev–Trinajstić information content (AvgIpc) is 2.54. The van der Waals surface area contributed by atoms with E-state index in [2.05, 4.69) is 10.2 Å². The van der Waals surface area contributed by atoms with Gasteiger partial charge in [0.15, 0.2) is 0 Å². The minimum absolute atomic E-state index is 0.215. The first kappa shape index (κ1) is 19.7. The molecule has 140 valence electrons. The predicted octanol–water partition coefficient (Wildman–Crippen LogP) is 0.518. The summed E-state index contributed by atoms with van der Waals surface area (Å²) in [5.41, 5.74) is 2.23. The number of hydrogen-bond donors (Lipinski definition) is 1. The fourth-order valence-electron chi connectivity index (χ4n) is 2.93. The first-order valence-corrected chi connectivity index (χ1v) is 10.2. The number of rotatable bonds is 7. The van der Waals surface area contributed by atoms with Gasteiger partial charge in [-0.1, -0.05) is 18.2 Å². The van der Waals surface area contributed by atoms with Crippen LogP contribution in [0.3, 0.4) is 0 Å². The number of carbonyl (C=O) groups excluding carboxylic acids is 1. The summed E-state index contributed by atoms with van der Waals surface area (Å²) < 4.78 is 30.9. The van der Waals surface area contributed by atoms with E-state index >= 15 is 0 Å². The van der Waals surface area contributed by atoms with Gasteiger partial charge in [-0.25, -0.2) is 8.42 Å². The van der Waals surface area contributed by atoms with Crippen molar-refractivity contribution in [2.45, 2.75) is 13.8 Å². The third kappa shape index (κ3) is 5.69. The van der Waals surface area contributed by atoms with E-state index < -0.39 is 10.0 Å². The summed E-state index contributed by atoms with van der Waals surface area (Å²) in [5.74, 6) is -0.304. The van der Waals surface area contributed by atoms with Crippen molar-refractivity contribution in [1.29, 1.82) is 0 Å². The lowest BCUT2D eigenvalue weighted by molar-refractivity contribution is -0.119. The maximum absolute atomic E-state index is 12.3. The summed E-state index contributed by atoms with van der Waals surface area (Å²) in [4.78, 5) is 14.5. The number of benzene rings is 1. The highest BCUT2D eigenvalue weighted by molar-refractivity contribution is 7.92. The second-order valence-corrected chi connectivity index (χ2v) is 8.22. The van der Waals surface area contributed by atoms with Gasteiger partial charge in [-0.05, 0) is 25.0 Å². The Kier molecular flexibility index (Phi) is 6.80. The number of morpholine rings is 1. The number of carbonyl (C=O) groups is 1. The van der Waals surface area contributed by atoms with E-state index in [0.29, 0.717) is 25.4 Å². The lowest BCUT2D eigenvalue weighted by Crippen LogP contribution is -2.45. The molecule has 0 spiro atoms. The number of nitrogens with one attached hydrogen (secondary N) is 1. The lowest BCUT2D eigenvalue weighted by Gasteiger charge is -2.27. The van der Waals surface area contributed by atoms with E-state index in [1.54, 1.807) is 0 Å². The molecule has 1 amide bonds. The Labute approximate surface area is 150 Å². The highest BCUT2D eigenvalue weighted by atomic mass is 32.2. The van der Waals surface area contributed by atoms with Crippen LogP contribution in [0.5, 0.6) is 0 Å². The van der Waals surface area contributed by atoms with Crippen LogP contribution in [0.1, 0.15) is 11.1 Å². The summed E-state index contributed by atoms with van der Waals surface area (Å²) in [7, 11) is -3.56. The van der Waals surface area contributed by atoms with Crippen molar-refractivity contribution in [3.8, 4) is 0 Å². The van der Waals surface area contributed by atoms with Crippen molar-refractivity contribution in [1.82, 2.24) is 10.2 Å². The molecule has 0 aromatic heterocycles. The molecular weight excluding hydrogens is 342 g/mol. The standard InChI is InChI=1S/C17H27N3O4S/c1-14-5-4-6-15(2)17(14)20(25(3,22)23)13-16(21)18-7-8-19-9-11-24-12-10-19/h4-6H,7-13H2,1-3H3,(H,18,21). The Hall–Kier alpha value is -1.64. The van der Waals surface area contributed by atoms with Crippen LogP contribution in [0.25, 0.3) is 0 Å². The third-order valence-electron chi connectivity index (χ3n) is 4.23. The molecule has 0 saturated carbocycles. The quantitative estimate of drug-likeness (QED) is 0.758. The van der Waals surface area contributed by atoms with E-state index in [9.17, 15) is 13.2 Å². The molecule has 25 heavy (non-hydrogen) atoms. The molecule has 0 bridgehead atoms. The summed E-state index contributed by atoms with van der Waals surface area (Å²) >= 11 is 0. The van der Waals surface area contributed by atoms with Gasteiger partial charge in [-0.2, -0.15) is 0 Å². The van der Waals surface area contributed by atoms with Crippen molar-refractivity contribution in [3.05, 3.63) is 29.3 Å². The number of ether oxygens (including phenoxy) is 1. The predicted molar refractivity (Wildman–Crippen MR) is 98.4 cm³/mol. The van der Waals surface area contributed by atoms with Crippen LogP contribution in [-0.2, 0) is 19.6 Å². The molecule has 1 aliphatic heterocycles. The van der Waals surface area contributed by atoms with Crippen LogP contribution >= 0.6 is 0 Å². The molecule has 0 aliphatic carbocycles. The van der Waals surface area contributed by atoms with Gasteiger partial charge in [0.05, 0.1) is 25.2 Å². The number of nitrogens with zero attached hydrogens (tertiary/aromatic N) is 2. The Morgan fingerprint density at radius 1 is 1.24 bits per heavy atom. The fraction of sp³-hybridized carbons (Fsp3) is 0.588. The van der Waals surface area contributed by atoms with E-state index in [1.165, 1.54) is 4.31 Å². The molecule has 8 heteroatoms. The molecule has 1 aromatic rings. The maximum atomic E-state index is 12.3. The molecule has 7 nitrogen and oxygen atoms in total.